The Morgan fingerprint density at radius 2 is 2.00 bits per heavy atom. The van der Waals surface area contributed by atoms with Gasteiger partial charge in [0.15, 0.2) is 0 Å². The van der Waals surface area contributed by atoms with Gasteiger partial charge in [0.1, 0.15) is 11.6 Å². The minimum Gasteiger partial charge on any atom is -0.324 e. The van der Waals surface area contributed by atoms with Crippen molar-refractivity contribution < 1.29 is 8.78 Å². The fraction of sp³-hybridized carbons (Fsp3) is 0.625. The first-order valence-electron chi connectivity index (χ1n) is 7.25. The first kappa shape index (κ1) is 13.0. The lowest BCUT2D eigenvalue weighted by molar-refractivity contribution is 0.294. The fourth-order valence-corrected chi connectivity index (χ4v) is 4.06. The van der Waals surface area contributed by atoms with E-state index in [1.54, 1.807) is 6.92 Å². The highest BCUT2D eigenvalue weighted by Gasteiger charge is 2.40. The van der Waals surface area contributed by atoms with Crippen molar-refractivity contribution in [3.8, 4) is 0 Å². The summed E-state index contributed by atoms with van der Waals surface area (Å²) in [7, 11) is 0. The van der Waals surface area contributed by atoms with E-state index in [2.05, 4.69) is 0 Å². The predicted octanol–water partition coefficient (Wildman–Crippen LogP) is 4.10. The normalized spacial score (nSPS) is 30.8. The van der Waals surface area contributed by atoms with Gasteiger partial charge in [-0.15, -0.1) is 0 Å². The molecule has 1 aromatic rings. The molecule has 2 bridgehead atoms. The average Bonchev–Trinajstić information content (AvgIpc) is 2.95. The minimum absolute atomic E-state index is 0.339. The summed E-state index contributed by atoms with van der Waals surface area (Å²) in [6.07, 6.45) is 5.99. The molecule has 1 aromatic carbocycles. The number of nitrogens with two attached hydrogens (primary N) is 1. The van der Waals surface area contributed by atoms with Crippen molar-refractivity contribution in [2.75, 3.05) is 0 Å². The second-order valence-electron chi connectivity index (χ2n) is 6.40. The Morgan fingerprint density at radius 3 is 2.63 bits per heavy atom. The van der Waals surface area contributed by atoms with Crippen LogP contribution in [-0.4, -0.2) is 0 Å². The van der Waals surface area contributed by atoms with Crippen LogP contribution in [0, 0.1) is 36.3 Å². The predicted molar refractivity (Wildman–Crippen MR) is 71.6 cm³/mol. The summed E-state index contributed by atoms with van der Waals surface area (Å²) in [6.45, 7) is 1.57. The first-order valence-corrected chi connectivity index (χ1v) is 7.25. The summed E-state index contributed by atoms with van der Waals surface area (Å²) >= 11 is 0. The molecule has 0 amide bonds. The molecule has 2 saturated carbocycles. The van der Waals surface area contributed by atoms with E-state index in [1.807, 2.05) is 0 Å². The SMILES string of the molecule is Cc1cc(F)c(C(N)CC2CC3CCC2C3)cc1F. The minimum atomic E-state index is -0.376. The zero-order valence-corrected chi connectivity index (χ0v) is 11.3. The van der Waals surface area contributed by atoms with E-state index in [-0.39, 0.29) is 17.7 Å². The molecule has 2 fully saturated rings. The van der Waals surface area contributed by atoms with Gasteiger partial charge in [-0.2, -0.15) is 0 Å². The first-order chi connectivity index (χ1) is 9.04. The van der Waals surface area contributed by atoms with Crippen LogP contribution in [0.25, 0.3) is 0 Å². The lowest BCUT2D eigenvalue weighted by atomic mass is 9.83. The summed E-state index contributed by atoms with van der Waals surface area (Å²) in [5.41, 5.74) is 6.80. The lowest BCUT2D eigenvalue weighted by Crippen LogP contribution is -2.20. The number of aryl methyl sites for hydroxylation is 1. The topological polar surface area (TPSA) is 26.0 Å². The molecule has 4 unspecified atom stereocenters. The largest absolute Gasteiger partial charge is 0.324 e. The summed E-state index contributed by atoms with van der Waals surface area (Å²) in [5, 5.41) is 0. The van der Waals surface area contributed by atoms with Crippen LogP contribution in [0.5, 0.6) is 0 Å². The van der Waals surface area contributed by atoms with Gasteiger partial charge in [0, 0.05) is 11.6 Å². The molecule has 0 spiro atoms. The fourth-order valence-electron chi connectivity index (χ4n) is 4.06. The number of fused-ring (bicyclic) bond motifs is 2. The maximum absolute atomic E-state index is 13.9. The summed E-state index contributed by atoms with van der Waals surface area (Å²) in [5.74, 6) is 1.52. The van der Waals surface area contributed by atoms with Crippen LogP contribution in [-0.2, 0) is 0 Å². The monoisotopic (exact) mass is 265 g/mol. The van der Waals surface area contributed by atoms with E-state index in [4.69, 9.17) is 5.73 Å². The third-order valence-electron chi connectivity index (χ3n) is 5.12. The van der Waals surface area contributed by atoms with Crippen molar-refractivity contribution in [1.82, 2.24) is 0 Å². The number of halogens is 2. The highest BCUT2D eigenvalue weighted by molar-refractivity contribution is 5.27. The van der Waals surface area contributed by atoms with Gasteiger partial charge in [0.05, 0.1) is 0 Å². The van der Waals surface area contributed by atoms with Crippen LogP contribution in [0.15, 0.2) is 12.1 Å². The molecule has 3 rings (SSSR count). The molecule has 1 nitrogen and oxygen atoms in total. The molecule has 0 aromatic heterocycles. The maximum Gasteiger partial charge on any atom is 0.128 e. The Labute approximate surface area is 113 Å². The molecule has 3 heteroatoms. The van der Waals surface area contributed by atoms with E-state index >= 15 is 0 Å². The molecule has 19 heavy (non-hydrogen) atoms. The molecular weight excluding hydrogens is 244 g/mol. The Bertz CT molecular complexity index is 486. The molecule has 0 radical (unpaired) electrons. The summed E-state index contributed by atoms with van der Waals surface area (Å²) in [6, 6.07) is 2.16. The molecule has 104 valence electrons. The average molecular weight is 265 g/mol. The molecule has 2 aliphatic carbocycles. The smallest absolute Gasteiger partial charge is 0.128 e. The van der Waals surface area contributed by atoms with Gasteiger partial charge in [0.25, 0.3) is 0 Å². The van der Waals surface area contributed by atoms with Crippen molar-refractivity contribution in [3.63, 3.8) is 0 Å². The Morgan fingerprint density at radius 1 is 1.21 bits per heavy atom. The Kier molecular flexibility index (Phi) is 3.34. The van der Waals surface area contributed by atoms with Crippen LogP contribution in [0.3, 0.4) is 0 Å². The van der Waals surface area contributed by atoms with Crippen LogP contribution in [0.1, 0.15) is 49.3 Å². The van der Waals surface area contributed by atoms with E-state index < -0.39 is 0 Å². The lowest BCUT2D eigenvalue weighted by Gasteiger charge is -2.25. The highest BCUT2D eigenvalue weighted by Crippen LogP contribution is 2.50. The quantitative estimate of drug-likeness (QED) is 0.875. The van der Waals surface area contributed by atoms with E-state index in [0.29, 0.717) is 17.0 Å². The molecular formula is C16H21F2N. The summed E-state index contributed by atoms with van der Waals surface area (Å²) in [4.78, 5) is 0. The highest BCUT2D eigenvalue weighted by atomic mass is 19.1. The van der Waals surface area contributed by atoms with Gasteiger partial charge in [-0.1, -0.05) is 6.42 Å². The van der Waals surface area contributed by atoms with Crippen LogP contribution >= 0.6 is 0 Å². The van der Waals surface area contributed by atoms with Gasteiger partial charge in [-0.3, -0.25) is 0 Å². The van der Waals surface area contributed by atoms with E-state index in [0.717, 1.165) is 18.3 Å². The third kappa shape index (κ3) is 2.40. The van der Waals surface area contributed by atoms with Crippen molar-refractivity contribution >= 4 is 0 Å². The molecule has 4 atom stereocenters. The maximum atomic E-state index is 13.9. The Balaban J connectivity index is 1.73. The third-order valence-corrected chi connectivity index (χ3v) is 5.12. The molecule has 0 aliphatic heterocycles. The molecule has 2 aliphatic rings. The second-order valence-corrected chi connectivity index (χ2v) is 6.40. The van der Waals surface area contributed by atoms with Gasteiger partial charge < -0.3 is 5.73 Å². The van der Waals surface area contributed by atoms with Crippen molar-refractivity contribution in [2.45, 2.75) is 45.1 Å². The van der Waals surface area contributed by atoms with E-state index in [1.165, 1.54) is 37.8 Å². The zero-order chi connectivity index (χ0) is 13.6. The molecule has 0 heterocycles. The number of hydrogen-bond acceptors (Lipinski definition) is 1. The zero-order valence-electron chi connectivity index (χ0n) is 11.3. The second kappa shape index (κ2) is 4.86. The number of rotatable bonds is 3. The molecule has 2 N–H and O–H groups in total. The van der Waals surface area contributed by atoms with E-state index in [9.17, 15) is 8.78 Å². The van der Waals surface area contributed by atoms with Gasteiger partial charge in [0.2, 0.25) is 0 Å². The number of benzene rings is 1. The molecule has 0 saturated heterocycles. The van der Waals surface area contributed by atoms with Crippen LogP contribution < -0.4 is 5.73 Å². The van der Waals surface area contributed by atoms with Crippen LogP contribution in [0.2, 0.25) is 0 Å². The van der Waals surface area contributed by atoms with Crippen molar-refractivity contribution in [1.29, 1.82) is 0 Å². The van der Waals surface area contributed by atoms with Gasteiger partial charge >= 0.3 is 0 Å². The van der Waals surface area contributed by atoms with Gasteiger partial charge in [-0.05, 0) is 68.1 Å². The Hall–Kier alpha value is -0.960. The standard InChI is InChI=1S/C16H21F2N/c1-9-4-15(18)13(8-14(9)17)16(19)7-12-6-10-2-3-11(12)5-10/h4,8,10-12,16H,2-3,5-7,19H2,1H3. The summed E-state index contributed by atoms with van der Waals surface area (Å²) < 4.78 is 27.5. The van der Waals surface area contributed by atoms with Gasteiger partial charge in [-0.25, -0.2) is 8.78 Å². The van der Waals surface area contributed by atoms with Crippen molar-refractivity contribution in [2.24, 2.45) is 23.5 Å². The van der Waals surface area contributed by atoms with Crippen LogP contribution in [0.4, 0.5) is 8.78 Å². The van der Waals surface area contributed by atoms with Crippen molar-refractivity contribution in [3.05, 3.63) is 34.9 Å². The number of hydrogen-bond donors (Lipinski definition) is 1.